The zero-order valence-corrected chi connectivity index (χ0v) is 14.8. The van der Waals surface area contributed by atoms with Crippen molar-refractivity contribution >= 4 is 33.6 Å². The van der Waals surface area contributed by atoms with Crippen molar-refractivity contribution in [1.82, 2.24) is 19.7 Å². The molecule has 0 amide bonds. The molecule has 0 aliphatic heterocycles. The molecule has 1 N–H and O–H groups in total. The summed E-state index contributed by atoms with van der Waals surface area (Å²) in [6.07, 6.45) is 10.6. The number of aryl methyl sites for hydroxylation is 2. The monoisotopic (exact) mass is 360 g/mol. The van der Waals surface area contributed by atoms with Gasteiger partial charge < -0.3 is 0 Å². The van der Waals surface area contributed by atoms with Crippen LogP contribution < -0.4 is 5.43 Å². The molecule has 3 aromatic heterocycles. The molecule has 0 bridgehead atoms. The number of hydrogen-bond acceptors (Lipinski definition) is 6. The van der Waals surface area contributed by atoms with Gasteiger partial charge in [-0.25, -0.2) is 14.6 Å². The Hall–Kier alpha value is -3.06. The van der Waals surface area contributed by atoms with Crippen molar-refractivity contribution in [3.05, 3.63) is 65.1 Å². The summed E-state index contributed by atoms with van der Waals surface area (Å²) in [6, 6.07) is 10.0. The maximum Gasteiger partial charge on any atom is 0.158 e. The predicted octanol–water partition coefficient (Wildman–Crippen LogP) is 3.81. The SMILES string of the molecule is C(=N/Nc1ncnc2sc3c(c12)CCC3)/c1cnn(-c2ccccc2)c1. The van der Waals surface area contributed by atoms with Gasteiger partial charge in [0.15, 0.2) is 5.82 Å². The lowest BCUT2D eigenvalue weighted by molar-refractivity contribution is 0.880. The second-order valence-electron chi connectivity index (χ2n) is 6.18. The number of hydrogen-bond donors (Lipinski definition) is 1. The van der Waals surface area contributed by atoms with Gasteiger partial charge in [-0.3, -0.25) is 5.43 Å². The molecule has 4 aromatic rings. The van der Waals surface area contributed by atoms with E-state index in [4.69, 9.17) is 0 Å². The predicted molar refractivity (Wildman–Crippen MR) is 104 cm³/mol. The fourth-order valence-electron chi connectivity index (χ4n) is 3.31. The van der Waals surface area contributed by atoms with Crippen LogP contribution >= 0.6 is 11.3 Å². The molecule has 0 saturated heterocycles. The highest BCUT2D eigenvalue weighted by Gasteiger charge is 2.20. The Morgan fingerprint density at radius 3 is 3.00 bits per heavy atom. The first-order valence-corrected chi connectivity index (χ1v) is 9.34. The molecular formula is C19H16N6S. The van der Waals surface area contributed by atoms with Gasteiger partial charge in [-0.05, 0) is 37.0 Å². The summed E-state index contributed by atoms with van der Waals surface area (Å²) < 4.78 is 1.83. The lowest BCUT2D eigenvalue weighted by Crippen LogP contribution is -1.96. The largest absolute Gasteiger partial charge is 0.261 e. The van der Waals surface area contributed by atoms with E-state index in [1.165, 1.54) is 16.9 Å². The third kappa shape index (κ3) is 2.66. The first-order chi connectivity index (χ1) is 12.9. The molecule has 0 saturated carbocycles. The number of fused-ring (bicyclic) bond motifs is 3. The Labute approximate surface area is 154 Å². The van der Waals surface area contributed by atoms with Crippen molar-refractivity contribution in [3.8, 4) is 5.69 Å². The zero-order valence-electron chi connectivity index (χ0n) is 14.0. The van der Waals surface area contributed by atoms with Gasteiger partial charge in [0.1, 0.15) is 11.2 Å². The summed E-state index contributed by atoms with van der Waals surface area (Å²) in [6.45, 7) is 0. The van der Waals surface area contributed by atoms with Crippen molar-refractivity contribution in [1.29, 1.82) is 0 Å². The molecule has 26 heavy (non-hydrogen) atoms. The third-order valence-electron chi connectivity index (χ3n) is 4.51. The molecule has 128 valence electrons. The van der Waals surface area contributed by atoms with E-state index in [1.807, 2.05) is 41.2 Å². The van der Waals surface area contributed by atoms with Crippen LogP contribution in [0.2, 0.25) is 0 Å². The minimum absolute atomic E-state index is 0.779. The fourth-order valence-corrected chi connectivity index (χ4v) is 4.54. The molecule has 0 fully saturated rings. The molecular weight excluding hydrogens is 344 g/mol. The molecule has 7 heteroatoms. The van der Waals surface area contributed by atoms with Crippen molar-refractivity contribution in [2.45, 2.75) is 19.3 Å². The Balaban J connectivity index is 1.39. The maximum atomic E-state index is 4.41. The average molecular weight is 360 g/mol. The van der Waals surface area contributed by atoms with Gasteiger partial charge in [0, 0.05) is 16.6 Å². The quantitative estimate of drug-likeness (QED) is 0.444. The van der Waals surface area contributed by atoms with Crippen molar-refractivity contribution in [2.75, 3.05) is 5.43 Å². The van der Waals surface area contributed by atoms with E-state index >= 15 is 0 Å². The van der Waals surface area contributed by atoms with Crippen LogP contribution in [0.4, 0.5) is 5.82 Å². The minimum Gasteiger partial charge on any atom is -0.261 e. The van der Waals surface area contributed by atoms with Crippen LogP contribution in [0.5, 0.6) is 0 Å². The molecule has 1 aliphatic carbocycles. The van der Waals surface area contributed by atoms with Crippen LogP contribution in [0, 0.1) is 0 Å². The lowest BCUT2D eigenvalue weighted by atomic mass is 10.2. The van der Waals surface area contributed by atoms with Crippen molar-refractivity contribution in [2.24, 2.45) is 5.10 Å². The van der Waals surface area contributed by atoms with E-state index in [9.17, 15) is 0 Å². The van der Waals surface area contributed by atoms with Gasteiger partial charge in [0.2, 0.25) is 0 Å². The van der Waals surface area contributed by atoms with Gasteiger partial charge in [0.25, 0.3) is 0 Å². The van der Waals surface area contributed by atoms with E-state index in [0.717, 1.165) is 40.1 Å². The van der Waals surface area contributed by atoms with E-state index in [0.29, 0.717) is 0 Å². The molecule has 0 spiro atoms. The summed E-state index contributed by atoms with van der Waals surface area (Å²) in [5.41, 5.74) is 6.42. The second kappa shape index (κ2) is 6.34. The number of hydrazone groups is 1. The summed E-state index contributed by atoms with van der Waals surface area (Å²) >= 11 is 1.78. The van der Waals surface area contributed by atoms with Gasteiger partial charge in [0.05, 0.1) is 23.5 Å². The van der Waals surface area contributed by atoms with Crippen LogP contribution in [-0.2, 0) is 12.8 Å². The van der Waals surface area contributed by atoms with Crippen LogP contribution in [0.3, 0.4) is 0 Å². The number of anilines is 1. The molecule has 0 radical (unpaired) electrons. The highest BCUT2D eigenvalue weighted by atomic mass is 32.1. The number of benzene rings is 1. The maximum absolute atomic E-state index is 4.41. The molecule has 1 aliphatic rings. The first kappa shape index (κ1) is 15.2. The molecule has 6 nitrogen and oxygen atoms in total. The third-order valence-corrected chi connectivity index (χ3v) is 5.71. The number of thiophene rings is 1. The van der Waals surface area contributed by atoms with Crippen LogP contribution in [-0.4, -0.2) is 26.0 Å². The lowest BCUT2D eigenvalue weighted by Gasteiger charge is -2.02. The molecule has 5 rings (SSSR count). The Morgan fingerprint density at radius 1 is 1.15 bits per heavy atom. The normalized spacial score (nSPS) is 13.5. The zero-order chi connectivity index (χ0) is 17.3. The van der Waals surface area contributed by atoms with Crippen molar-refractivity contribution in [3.63, 3.8) is 0 Å². The van der Waals surface area contributed by atoms with E-state index in [1.54, 1.807) is 30.1 Å². The Kier molecular flexibility index (Phi) is 3.71. The highest BCUT2D eigenvalue weighted by Crippen LogP contribution is 2.38. The molecule has 3 heterocycles. The summed E-state index contributed by atoms with van der Waals surface area (Å²) in [5.74, 6) is 0.779. The van der Waals surface area contributed by atoms with Gasteiger partial charge in [-0.1, -0.05) is 18.2 Å². The molecule has 1 aromatic carbocycles. The van der Waals surface area contributed by atoms with E-state index in [2.05, 4.69) is 25.6 Å². The number of aromatic nitrogens is 4. The Bertz CT molecular complexity index is 1100. The number of nitrogens with one attached hydrogen (secondary N) is 1. The number of para-hydroxylation sites is 1. The molecule has 0 unspecified atom stereocenters. The minimum atomic E-state index is 0.779. The van der Waals surface area contributed by atoms with Crippen LogP contribution in [0.15, 0.2) is 54.2 Å². The summed E-state index contributed by atoms with van der Waals surface area (Å²) in [7, 11) is 0. The van der Waals surface area contributed by atoms with Crippen LogP contribution in [0.25, 0.3) is 15.9 Å². The standard InChI is InChI=1S/C19H16N6S/c1-2-5-14(6-3-1)25-11-13(10-23-25)9-22-24-18-17-15-7-4-8-16(15)26-19(17)21-12-20-18/h1-3,5-6,9-12H,4,7-8H2,(H,20,21,24)/b22-9-. The van der Waals surface area contributed by atoms with E-state index < -0.39 is 0 Å². The highest BCUT2D eigenvalue weighted by molar-refractivity contribution is 7.19. The topological polar surface area (TPSA) is 68.0 Å². The van der Waals surface area contributed by atoms with Gasteiger partial charge in [-0.15, -0.1) is 11.3 Å². The van der Waals surface area contributed by atoms with Gasteiger partial charge >= 0.3 is 0 Å². The average Bonchev–Trinajstić information content (AvgIpc) is 3.38. The summed E-state index contributed by atoms with van der Waals surface area (Å²) in [5, 5.41) is 9.86. The van der Waals surface area contributed by atoms with Crippen LogP contribution in [0.1, 0.15) is 22.4 Å². The Morgan fingerprint density at radius 2 is 2.08 bits per heavy atom. The first-order valence-electron chi connectivity index (χ1n) is 8.53. The van der Waals surface area contributed by atoms with Crippen molar-refractivity contribution < 1.29 is 0 Å². The van der Waals surface area contributed by atoms with E-state index in [-0.39, 0.29) is 0 Å². The van der Waals surface area contributed by atoms with Gasteiger partial charge in [-0.2, -0.15) is 10.2 Å². The fraction of sp³-hybridized carbons (Fsp3) is 0.158. The number of rotatable bonds is 4. The molecule has 0 atom stereocenters. The second-order valence-corrected chi connectivity index (χ2v) is 7.27. The number of nitrogens with zero attached hydrogens (tertiary/aromatic N) is 5. The smallest absolute Gasteiger partial charge is 0.158 e. The summed E-state index contributed by atoms with van der Waals surface area (Å²) in [4.78, 5) is 11.3.